The quantitative estimate of drug-likeness (QED) is 0.824. The Balaban J connectivity index is 1.64. The largest absolute Gasteiger partial charge is 0.341 e. The molecule has 0 aliphatic carbocycles. The first kappa shape index (κ1) is 16.4. The highest BCUT2D eigenvalue weighted by atomic mass is 32.2. The molecule has 0 spiro atoms. The van der Waals surface area contributed by atoms with Gasteiger partial charge in [-0.1, -0.05) is 6.07 Å². The Morgan fingerprint density at radius 3 is 2.78 bits per heavy atom. The summed E-state index contributed by atoms with van der Waals surface area (Å²) in [6.07, 6.45) is 4.46. The van der Waals surface area contributed by atoms with E-state index in [-0.39, 0.29) is 17.7 Å². The second-order valence-electron chi connectivity index (χ2n) is 6.40. The molecule has 0 N–H and O–H groups in total. The van der Waals surface area contributed by atoms with Crippen LogP contribution >= 0.6 is 0 Å². The monoisotopic (exact) mass is 337 g/mol. The Morgan fingerprint density at radius 2 is 2.13 bits per heavy atom. The first-order chi connectivity index (χ1) is 11.0. The third kappa shape index (κ3) is 3.72. The van der Waals surface area contributed by atoms with Crippen LogP contribution in [0.2, 0.25) is 0 Å². The molecule has 3 rings (SSSR count). The smallest absolute Gasteiger partial charge is 0.227 e. The minimum absolute atomic E-state index is 0.0527. The first-order valence-electron chi connectivity index (χ1n) is 8.14. The third-order valence-corrected chi connectivity index (χ3v) is 6.62. The Hall–Kier alpha value is -1.47. The lowest BCUT2D eigenvalue weighted by Gasteiger charge is -2.36. The summed E-state index contributed by atoms with van der Waals surface area (Å²) in [7, 11) is -3.11. The van der Waals surface area contributed by atoms with Gasteiger partial charge in [0, 0.05) is 37.6 Å². The lowest BCUT2D eigenvalue weighted by molar-refractivity contribution is -0.132. The van der Waals surface area contributed by atoms with E-state index in [1.165, 1.54) is 0 Å². The molecule has 2 fully saturated rings. The Kier molecular flexibility index (Phi) is 4.68. The zero-order valence-electron chi connectivity index (χ0n) is 13.4. The van der Waals surface area contributed by atoms with Gasteiger partial charge in [0.15, 0.2) is 0 Å². The molecule has 23 heavy (non-hydrogen) atoms. The van der Waals surface area contributed by atoms with Crippen LogP contribution < -0.4 is 0 Å². The number of aromatic nitrogens is 1. The summed E-state index contributed by atoms with van der Waals surface area (Å²) in [5.74, 6) is 0.295. The van der Waals surface area contributed by atoms with Crippen molar-refractivity contribution < 1.29 is 13.2 Å². The number of aryl methyl sites for hydroxylation is 1. The highest BCUT2D eigenvalue weighted by molar-refractivity contribution is 7.89. The van der Waals surface area contributed by atoms with Gasteiger partial charge >= 0.3 is 0 Å². The maximum Gasteiger partial charge on any atom is 0.227 e. The number of amides is 1. The highest BCUT2D eigenvalue weighted by Crippen LogP contribution is 2.24. The van der Waals surface area contributed by atoms with Crippen LogP contribution in [-0.4, -0.2) is 59.9 Å². The molecule has 1 aromatic rings. The van der Waals surface area contributed by atoms with Gasteiger partial charge in [-0.3, -0.25) is 9.78 Å². The van der Waals surface area contributed by atoms with Crippen molar-refractivity contribution in [3.63, 3.8) is 0 Å². The fourth-order valence-corrected chi connectivity index (χ4v) is 5.14. The van der Waals surface area contributed by atoms with E-state index < -0.39 is 10.0 Å². The molecular weight excluding hydrogens is 314 g/mol. The number of hydrogen-bond donors (Lipinski definition) is 0. The molecule has 0 radical (unpaired) electrons. The normalized spacial score (nSPS) is 24.7. The van der Waals surface area contributed by atoms with Gasteiger partial charge in [-0.25, -0.2) is 8.42 Å². The second-order valence-corrected chi connectivity index (χ2v) is 8.44. The minimum Gasteiger partial charge on any atom is -0.341 e. The molecule has 1 amide bonds. The minimum atomic E-state index is -3.11. The van der Waals surface area contributed by atoms with Gasteiger partial charge in [-0.2, -0.15) is 4.31 Å². The predicted octanol–water partition coefficient (Wildman–Crippen LogP) is 0.959. The van der Waals surface area contributed by atoms with Crippen molar-refractivity contribution in [1.82, 2.24) is 14.2 Å². The molecule has 7 heteroatoms. The SMILES string of the molecule is Cc1ccc(CC(=O)N2CCC[C@H](N3CCCS3(=O)=O)C2)cn1. The number of likely N-dealkylation sites (tertiary alicyclic amines) is 1. The van der Waals surface area contributed by atoms with E-state index in [0.29, 0.717) is 32.5 Å². The van der Waals surface area contributed by atoms with Gasteiger partial charge in [-0.05, 0) is 37.8 Å². The number of pyridine rings is 1. The van der Waals surface area contributed by atoms with Crippen molar-refractivity contribution in [2.45, 2.75) is 38.6 Å². The summed E-state index contributed by atoms with van der Waals surface area (Å²) in [5.41, 5.74) is 1.83. The number of piperidine rings is 1. The van der Waals surface area contributed by atoms with Gasteiger partial charge in [0.1, 0.15) is 0 Å². The Labute approximate surface area is 137 Å². The van der Waals surface area contributed by atoms with E-state index >= 15 is 0 Å². The van der Waals surface area contributed by atoms with Crippen molar-refractivity contribution in [3.8, 4) is 0 Å². The molecule has 3 heterocycles. The van der Waals surface area contributed by atoms with Crippen LogP contribution in [0.15, 0.2) is 18.3 Å². The van der Waals surface area contributed by atoms with Crippen molar-refractivity contribution in [3.05, 3.63) is 29.6 Å². The summed E-state index contributed by atoms with van der Waals surface area (Å²) in [4.78, 5) is 18.5. The van der Waals surface area contributed by atoms with E-state index in [0.717, 1.165) is 24.1 Å². The van der Waals surface area contributed by atoms with Gasteiger partial charge in [0.2, 0.25) is 15.9 Å². The second kappa shape index (κ2) is 6.57. The van der Waals surface area contributed by atoms with Gasteiger partial charge < -0.3 is 4.90 Å². The van der Waals surface area contributed by atoms with Crippen LogP contribution in [0.3, 0.4) is 0 Å². The third-order valence-electron chi connectivity index (χ3n) is 4.62. The van der Waals surface area contributed by atoms with Crippen LogP contribution in [0.1, 0.15) is 30.5 Å². The van der Waals surface area contributed by atoms with Crippen LogP contribution in [0.5, 0.6) is 0 Å². The van der Waals surface area contributed by atoms with Crippen molar-refractivity contribution in [2.24, 2.45) is 0 Å². The summed E-state index contributed by atoms with van der Waals surface area (Å²) >= 11 is 0. The zero-order chi connectivity index (χ0) is 16.4. The van der Waals surface area contributed by atoms with Crippen LogP contribution in [-0.2, 0) is 21.2 Å². The number of nitrogens with zero attached hydrogens (tertiary/aromatic N) is 3. The summed E-state index contributed by atoms with van der Waals surface area (Å²) in [5, 5.41) is 0. The van der Waals surface area contributed by atoms with E-state index in [9.17, 15) is 13.2 Å². The summed E-state index contributed by atoms with van der Waals surface area (Å²) < 4.78 is 25.8. The summed E-state index contributed by atoms with van der Waals surface area (Å²) in [6, 6.07) is 3.77. The molecule has 1 atom stereocenters. The van der Waals surface area contributed by atoms with E-state index in [4.69, 9.17) is 0 Å². The number of hydrogen-bond acceptors (Lipinski definition) is 4. The maximum absolute atomic E-state index is 12.5. The first-order valence-corrected chi connectivity index (χ1v) is 9.75. The van der Waals surface area contributed by atoms with Crippen LogP contribution in [0, 0.1) is 6.92 Å². The summed E-state index contributed by atoms with van der Waals surface area (Å²) in [6.45, 7) is 3.73. The van der Waals surface area contributed by atoms with E-state index in [1.54, 1.807) is 10.5 Å². The van der Waals surface area contributed by atoms with Gasteiger partial charge in [0.25, 0.3) is 0 Å². The van der Waals surface area contributed by atoms with E-state index in [1.807, 2.05) is 24.0 Å². The fourth-order valence-electron chi connectivity index (χ4n) is 3.37. The number of sulfonamides is 1. The molecule has 0 saturated carbocycles. The molecule has 6 nitrogen and oxygen atoms in total. The fraction of sp³-hybridized carbons (Fsp3) is 0.625. The van der Waals surface area contributed by atoms with Crippen LogP contribution in [0.4, 0.5) is 0 Å². The van der Waals surface area contributed by atoms with Crippen molar-refractivity contribution >= 4 is 15.9 Å². The zero-order valence-corrected chi connectivity index (χ0v) is 14.3. The Bertz CT molecular complexity index is 672. The van der Waals surface area contributed by atoms with Gasteiger partial charge in [0.05, 0.1) is 12.2 Å². The topological polar surface area (TPSA) is 70.6 Å². The standard InChI is InChI=1S/C16H23N3O3S/c1-13-5-6-14(11-17-13)10-16(20)18-7-2-4-15(12-18)19-8-3-9-23(19,21)22/h5-6,11,15H,2-4,7-10,12H2,1H3/t15-/m0/s1. The predicted molar refractivity (Wildman–Crippen MR) is 87.4 cm³/mol. The molecular formula is C16H23N3O3S. The maximum atomic E-state index is 12.5. The van der Waals surface area contributed by atoms with Crippen molar-refractivity contribution in [1.29, 1.82) is 0 Å². The molecule has 0 bridgehead atoms. The van der Waals surface area contributed by atoms with Crippen LogP contribution in [0.25, 0.3) is 0 Å². The van der Waals surface area contributed by atoms with Crippen molar-refractivity contribution in [2.75, 3.05) is 25.4 Å². The lowest BCUT2D eigenvalue weighted by atomic mass is 10.0. The number of rotatable bonds is 3. The molecule has 1 aromatic heterocycles. The number of carbonyl (C=O) groups excluding carboxylic acids is 1. The highest BCUT2D eigenvalue weighted by Gasteiger charge is 2.37. The molecule has 0 aromatic carbocycles. The number of carbonyl (C=O) groups is 1. The molecule has 0 unspecified atom stereocenters. The molecule has 2 aliphatic heterocycles. The Morgan fingerprint density at radius 1 is 1.30 bits per heavy atom. The molecule has 2 aliphatic rings. The lowest BCUT2D eigenvalue weighted by Crippen LogP contribution is -2.50. The molecule has 2 saturated heterocycles. The van der Waals surface area contributed by atoms with E-state index in [2.05, 4.69) is 4.98 Å². The average Bonchev–Trinajstić information content (AvgIpc) is 2.89. The average molecular weight is 337 g/mol. The van der Waals surface area contributed by atoms with Gasteiger partial charge in [-0.15, -0.1) is 0 Å². The molecule has 126 valence electrons.